The Morgan fingerprint density at radius 3 is 1.21 bits per heavy atom. The second kappa shape index (κ2) is 12.3. The van der Waals surface area contributed by atoms with E-state index in [2.05, 4.69) is 109 Å². The zero-order valence-corrected chi connectivity index (χ0v) is 19.3. The molecule has 4 rings (SSSR count). The second-order valence-electron chi connectivity index (χ2n) is 6.05. The van der Waals surface area contributed by atoms with Gasteiger partial charge in [0.1, 0.15) is 0 Å². The summed E-state index contributed by atoms with van der Waals surface area (Å²) in [6, 6.07) is 32.3. The third-order valence-corrected chi connectivity index (χ3v) is 4.72. The van der Waals surface area contributed by atoms with E-state index < -0.39 is 0 Å². The standard InChI is InChI=1S/C24H19.3ClH.Ti/c1-4-12-20(13-5-1)24(23-18-10-11-19-23,21-14-6-2-7-15-21)22-16-8-3-9-17-22;;;;/h1-10,12-18H,11H2;3*1H;/q-1;;;;. The van der Waals surface area contributed by atoms with Crippen molar-refractivity contribution in [2.24, 2.45) is 0 Å². The van der Waals surface area contributed by atoms with Gasteiger partial charge in [-0.2, -0.15) is 6.08 Å². The Morgan fingerprint density at radius 2 is 0.929 bits per heavy atom. The number of allylic oxidation sites excluding steroid dienone is 4. The maximum atomic E-state index is 3.60. The Morgan fingerprint density at radius 1 is 0.571 bits per heavy atom. The van der Waals surface area contributed by atoms with Gasteiger partial charge in [0.15, 0.2) is 0 Å². The van der Waals surface area contributed by atoms with Gasteiger partial charge in [0.25, 0.3) is 0 Å². The fraction of sp³-hybridized carbons (Fsp3) is 0.0833. The van der Waals surface area contributed by atoms with Crippen LogP contribution in [0.3, 0.4) is 0 Å². The van der Waals surface area contributed by atoms with E-state index >= 15 is 0 Å². The van der Waals surface area contributed by atoms with Crippen LogP contribution in [-0.2, 0) is 27.1 Å². The van der Waals surface area contributed by atoms with Crippen molar-refractivity contribution in [2.45, 2.75) is 11.8 Å². The van der Waals surface area contributed by atoms with Crippen LogP contribution in [0.1, 0.15) is 23.1 Å². The first-order chi connectivity index (χ1) is 11.9. The molecule has 3 aromatic rings. The smallest absolute Gasteiger partial charge is 0.0371 e. The molecule has 0 amide bonds. The van der Waals surface area contributed by atoms with E-state index in [0.29, 0.717) is 0 Å². The van der Waals surface area contributed by atoms with E-state index in [-0.39, 0.29) is 64.4 Å². The molecule has 0 aromatic heterocycles. The number of hydrogen-bond donors (Lipinski definition) is 0. The largest absolute Gasteiger partial charge is 0.268 e. The SMILES string of the molecule is Cl.Cl.Cl.[C-]1=C(C(c2ccccc2)(c2ccccc2)c2ccccc2)C=CC1.[Ti]. The van der Waals surface area contributed by atoms with Crippen LogP contribution in [-0.4, -0.2) is 0 Å². The van der Waals surface area contributed by atoms with Crippen molar-refractivity contribution in [3.05, 3.63) is 131 Å². The van der Waals surface area contributed by atoms with Gasteiger partial charge in [-0.25, -0.2) is 11.6 Å². The number of rotatable bonds is 4. The quantitative estimate of drug-likeness (QED) is 0.222. The van der Waals surface area contributed by atoms with Crippen molar-refractivity contribution >= 4 is 37.2 Å². The van der Waals surface area contributed by atoms with Gasteiger partial charge in [-0.05, 0) is 16.7 Å². The van der Waals surface area contributed by atoms with Crippen LogP contribution in [0.25, 0.3) is 0 Å². The molecule has 144 valence electrons. The van der Waals surface area contributed by atoms with Gasteiger partial charge < -0.3 is 0 Å². The minimum Gasteiger partial charge on any atom is -0.268 e. The molecule has 3 aromatic carbocycles. The van der Waals surface area contributed by atoms with Crippen molar-refractivity contribution in [1.82, 2.24) is 0 Å². The first-order valence-corrected chi connectivity index (χ1v) is 8.37. The van der Waals surface area contributed by atoms with Crippen LogP contribution in [0.5, 0.6) is 0 Å². The zero-order valence-electron chi connectivity index (χ0n) is 15.2. The van der Waals surface area contributed by atoms with Crippen LogP contribution in [0, 0.1) is 6.08 Å². The number of halogens is 3. The van der Waals surface area contributed by atoms with E-state index in [0.717, 1.165) is 6.42 Å². The summed E-state index contributed by atoms with van der Waals surface area (Å²) in [6.45, 7) is 0. The minimum absolute atomic E-state index is 0. The Bertz CT molecular complexity index is 779. The van der Waals surface area contributed by atoms with Gasteiger partial charge >= 0.3 is 0 Å². The van der Waals surface area contributed by atoms with E-state index in [1.54, 1.807) is 0 Å². The van der Waals surface area contributed by atoms with Crippen LogP contribution >= 0.6 is 37.2 Å². The first kappa shape index (κ1) is 26.7. The van der Waals surface area contributed by atoms with Gasteiger partial charge in [0, 0.05) is 27.1 Å². The van der Waals surface area contributed by atoms with Crippen LogP contribution in [0.4, 0.5) is 0 Å². The Labute approximate surface area is 201 Å². The molecule has 0 saturated carbocycles. The van der Waals surface area contributed by atoms with E-state index in [4.69, 9.17) is 0 Å². The van der Waals surface area contributed by atoms with Gasteiger partial charge in [-0.1, -0.05) is 91.0 Å². The van der Waals surface area contributed by atoms with E-state index in [1.165, 1.54) is 22.3 Å². The van der Waals surface area contributed by atoms with Crippen molar-refractivity contribution in [1.29, 1.82) is 0 Å². The molecule has 0 atom stereocenters. The maximum Gasteiger partial charge on any atom is 0.0371 e. The normalized spacial score (nSPS) is 11.8. The topological polar surface area (TPSA) is 0 Å². The summed E-state index contributed by atoms with van der Waals surface area (Å²) in [5.41, 5.74) is 4.73. The first-order valence-electron chi connectivity index (χ1n) is 8.37. The monoisotopic (exact) mass is 463 g/mol. The summed E-state index contributed by atoms with van der Waals surface area (Å²) >= 11 is 0. The molecule has 0 unspecified atom stereocenters. The summed E-state index contributed by atoms with van der Waals surface area (Å²) in [5.74, 6) is 0. The van der Waals surface area contributed by atoms with Gasteiger partial charge in [-0.15, -0.1) is 43.6 Å². The Kier molecular flexibility index (Phi) is 11.8. The molecule has 0 N–H and O–H groups in total. The van der Waals surface area contributed by atoms with Gasteiger partial charge in [-0.3, -0.25) is 6.08 Å². The molecule has 28 heavy (non-hydrogen) atoms. The molecular weight excluding hydrogens is 442 g/mol. The minimum atomic E-state index is -0.323. The average molecular weight is 465 g/mol. The van der Waals surface area contributed by atoms with Crippen LogP contribution < -0.4 is 0 Å². The molecular formula is C24H22Cl3Ti-. The molecule has 0 aliphatic heterocycles. The third-order valence-electron chi connectivity index (χ3n) is 4.72. The maximum absolute atomic E-state index is 3.60. The third kappa shape index (κ3) is 4.82. The molecule has 1 aliphatic carbocycles. The van der Waals surface area contributed by atoms with E-state index in [1.807, 2.05) is 0 Å². The van der Waals surface area contributed by atoms with Gasteiger partial charge in [0.05, 0.1) is 0 Å². The summed E-state index contributed by atoms with van der Waals surface area (Å²) in [4.78, 5) is 0. The average Bonchev–Trinajstić information content (AvgIpc) is 3.20. The molecule has 4 heteroatoms. The Balaban J connectivity index is 0.00000182. The van der Waals surface area contributed by atoms with Crippen molar-refractivity contribution in [2.75, 3.05) is 0 Å². The fourth-order valence-electron chi connectivity index (χ4n) is 3.69. The summed E-state index contributed by atoms with van der Waals surface area (Å²) in [5, 5.41) is 0. The summed E-state index contributed by atoms with van der Waals surface area (Å²) < 4.78 is 0. The molecule has 0 fully saturated rings. The number of hydrogen-bond acceptors (Lipinski definition) is 0. The Hall–Kier alpha value is -1.28. The molecule has 0 heterocycles. The van der Waals surface area contributed by atoms with Crippen molar-refractivity contribution < 1.29 is 21.7 Å². The second-order valence-corrected chi connectivity index (χ2v) is 6.05. The summed E-state index contributed by atoms with van der Waals surface area (Å²) in [7, 11) is 0. The predicted octanol–water partition coefficient (Wildman–Crippen LogP) is 6.97. The van der Waals surface area contributed by atoms with E-state index in [9.17, 15) is 0 Å². The zero-order chi connectivity index (χ0) is 16.2. The molecule has 0 radical (unpaired) electrons. The fourth-order valence-corrected chi connectivity index (χ4v) is 3.69. The molecule has 1 aliphatic rings. The van der Waals surface area contributed by atoms with Crippen molar-refractivity contribution in [3.63, 3.8) is 0 Å². The molecule has 0 saturated heterocycles. The molecule has 0 bridgehead atoms. The van der Waals surface area contributed by atoms with Crippen LogP contribution in [0.2, 0.25) is 0 Å². The number of benzene rings is 3. The van der Waals surface area contributed by atoms with Gasteiger partial charge in [0.2, 0.25) is 0 Å². The summed E-state index contributed by atoms with van der Waals surface area (Å²) in [6.07, 6.45) is 8.90. The van der Waals surface area contributed by atoms with Crippen molar-refractivity contribution in [3.8, 4) is 0 Å². The molecule has 0 spiro atoms. The molecule has 0 nitrogen and oxygen atoms in total. The predicted molar refractivity (Wildman–Crippen MR) is 121 cm³/mol. The van der Waals surface area contributed by atoms with Crippen LogP contribution in [0.15, 0.2) is 109 Å².